The summed E-state index contributed by atoms with van der Waals surface area (Å²) >= 11 is 0. The molecule has 0 radical (unpaired) electrons. The maximum absolute atomic E-state index is 14.0. The minimum absolute atomic E-state index is 0.0451. The number of nitrogens with one attached hydrogen (secondary N) is 1. The number of hydrogen-bond donors (Lipinski definition) is 2. The molecule has 1 aromatic carbocycles. The Labute approximate surface area is 219 Å². The summed E-state index contributed by atoms with van der Waals surface area (Å²) in [6.45, 7) is 11.9. The zero-order chi connectivity index (χ0) is 27.5. The first kappa shape index (κ1) is 29.6. The first-order valence-corrected chi connectivity index (χ1v) is 12.8. The van der Waals surface area contributed by atoms with E-state index in [-0.39, 0.29) is 29.6 Å². The Kier molecular flexibility index (Phi) is 11.4. The van der Waals surface area contributed by atoms with Gasteiger partial charge < -0.3 is 16.1 Å². The average molecular weight is 511 g/mol. The number of likely N-dealkylation sites (tertiary alicyclic amines) is 1. The molecule has 3 unspecified atom stereocenters. The van der Waals surface area contributed by atoms with Gasteiger partial charge in [-0.1, -0.05) is 52.0 Å². The van der Waals surface area contributed by atoms with E-state index in [1.54, 1.807) is 24.1 Å². The fourth-order valence-corrected chi connectivity index (χ4v) is 4.17. The summed E-state index contributed by atoms with van der Waals surface area (Å²) in [6, 6.07) is 7.55. The van der Waals surface area contributed by atoms with Crippen molar-refractivity contribution in [3.05, 3.63) is 54.1 Å². The van der Waals surface area contributed by atoms with Crippen LogP contribution in [0.15, 0.2) is 52.8 Å². The Bertz CT molecular complexity index is 1100. The molecule has 0 saturated carbocycles. The van der Waals surface area contributed by atoms with Gasteiger partial charge in [-0.25, -0.2) is 4.39 Å². The standard InChI is InChI=1S/C26H33FN6O2.C2H6/c1-16(2)24(30-14-17(3)32-28)26(35)33-13-5-6-23(33)25(34)31-18(4)19-7-9-20(10-8-19)21-11-12-29-15-22(21)27;1-2/h7-12,14-16,18,23-24H,5-6,13,28H2,1-4H3,(H,31,34);1-2H3/b30-14?,32-17-;. The second kappa shape index (κ2) is 14.2. The van der Waals surface area contributed by atoms with Gasteiger partial charge in [0.1, 0.15) is 17.9 Å². The third-order valence-corrected chi connectivity index (χ3v) is 6.20. The Morgan fingerprint density at radius 3 is 2.46 bits per heavy atom. The van der Waals surface area contributed by atoms with Crippen LogP contribution in [-0.2, 0) is 9.59 Å². The summed E-state index contributed by atoms with van der Waals surface area (Å²) in [7, 11) is 0. The summed E-state index contributed by atoms with van der Waals surface area (Å²) in [5, 5.41) is 6.60. The van der Waals surface area contributed by atoms with Gasteiger partial charge in [0.05, 0.1) is 18.0 Å². The van der Waals surface area contributed by atoms with Crippen LogP contribution in [0.4, 0.5) is 4.39 Å². The van der Waals surface area contributed by atoms with E-state index in [0.717, 1.165) is 17.5 Å². The largest absolute Gasteiger partial charge is 0.348 e. The molecule has 3 rings (SSSR count). The number of carbonyl (C=O) groups excluding carboxylic acids is 2. The molecule has 1 saturated heterocycles. The molecule has 2 heterocycles. The first-order valence-electron chi connectivity index (χ1n) is 12.8. The quantitative estimate of drug-likeness (QED) is 0.309. The van der Waals surface area contributed by atoms with Crippen molar-refractivity contribution < 1.29 is 14.0 Å². The van der Waals surface area contributed by atoms with Crippen molar-refractivity contribution in [2.45, 2.75) is 72.5 Å². The van der Waals surface area contributed by atoms with E-state index in [4.69, 9.17) is 5.84 Å². The number of nitrogens with two attached hydrogens (primary N) is 1. The van der Waals surface area contributed by atoms with Crippen molar-refractivity contribution in [2.24, 2.45) is 21.9 Å². The molecule has 3 N–H and O–H groups in total. The number of halogens is 1. The Morgan fingerprint density at radius 1 is 1.19 bits per heavy atom. The summed E-state index contributed by atoms with van der Waals surface area (Å²) in [5.41, 5.74) is 2.60. The minimum Gasteiger partial charge on any atom is -0.348 e. The van der Waals surface area contributed by atoms with Crippen LogP contribution in [0, 0.1) is 11.7 Å². The SMILES string of the molecule is C/C(C=NC(C(=O)N1CCCC1C(=O)NC(C)c1ccc(-c2ccncc2F)cc1)C(C)C)=N/N.CC. The third kappa shape index (κ3) is 7.68. The molecule has 1 aromatic heterocycles. The smallest absolute Gasteiger partial charge is 0.248 e. The molecule has 1 fully saturated rings. The molecule has 1 aliphatic heterocycles. The molecule has 0 bridgehead atoms. The highest BCUT2D eigenvalue weighted by Gasteiger charge is 2.38. The molecule has 200 valence electrons. The van der Waals surface area contributed by atoms with Gasteiger partial charge in [0, 0.05) is 24.5 Å². The number of hydrazone groups is 1. The lowest BCUT2D eigenvalue weighted by atomic mass is 10.0. The number of benzene rings is 1. The van der Waals surface area contributed by atoms with Gasteiger partial charge in [0.2, 0.25) is 11.8 Å². The van der Waals surface area contributed by atoms with E-state index in [0.29, 0.717) is 24.2 Å². The van der Waals surface area contributed by atoms with Crippen molar-refractivity contribution in [2.75, 3.05) is 6.54 Å². The second-order valence-electron chi connectivity index (χ2n) is 9.13. The van der Waals surface area contributed by atoms with Gasteiger partial charge in [-0.2, -0.15) is 5.10 Å². The van der Waals surface area contributed by atoms with Crippen LogP contribution in [0.25, 0.3) is 11.1 Å². The topological polar surface area (TPSA) is 113 Å². The molecule has 0 spiro atoms. The highest BCUT2D eigenvalue weighted by molar-refractivity contribution is 6.29. The monoisotopic (exact) mass is 510 g/mol. The van der Waals surface area contributed by atoms with E-state index in [1.165, 1.54) is 12.4 Å². The van der Waals surface area contributed by atoms with Crippen LogP contribution >= 0.6 is 0 Å². The maximum Gasteiger partial charge on any atom is 0.248 e. The van der Waals surface area contributed by atoms with Gasteiger partial charge in [-0.15, -0.1) is 0 Å². The van der Waals surface area contributed by atoms with Crippen molar-refractivity contribution in [3.8, 4) is 11.1 Å². The molecule has 3 atom stereocenters. The summed E-state index contributed by atoms with van der Waals surface area (Å²) in [5.74, 6) is 4.46. The van der Waals surface area contributed by atoms with Crippen molar-refractivity contribution in [1.82, 2.24) is 15.2 Å². The molecule has 9 heteroatoms. The van der Waals surface area contributed by atoms with Gasteiger partial charge in [0.15, 0.2) is 0 Å². The van der Waals surface area contributed by atoms with Gasteiger partial charge in [-0.3, -0.25) is 19.6 Å². The predicted octanol–water partition coefficient (Wildman–Crippen LogP) is 4.51. The summed E-state index contributed by atoms with van der Waals surface area (Å²) < 4.78 is 14.0. The van der Waals surface area contributed by atoms with Crippen LogP contribution in [0.3, 0.4) is 0 Å². The number of pyridine rings is 1. The van der Waals surface area contributed by atoms with Crippen LogP contribution in [-0.4, -0.2) is 52.3 Å². The molecule has 2 amide bonds. The number of nitrogens with zero attached hydrogens (tertiary/aromatic N) is 4. The van der Waals surface area contributed by atoms with Crippen LogP contribution in [0.2, 0.25) is 0 Å². The van der Waals surface area contributed by atoms with Gasteiger partial charge in [0.25, 0.3) is 0 Å². The normalized spacial score (nSPS) is 17.4. The van der Waals surface area contributed by atoms with Crippen molar-refractivity contribution in [1.29, 1.82) is 0 Å². The number of rotatable bonds is 8. The van der Waals surface area contributed by atoms with Crippen molar-refractivity contribution >= 4 is 23.7 Å². The van der Waals surface area contributed by atoms with Crippen molar-refractivity contribution in [3.63, 3.8) is 0 Å². The maximum atomic E-state index is 14.0. The Hall–Kier alpha value is -3.62. The van der Waals surface area contributed by atoms with Crippen LogP contribution in [0.5, 0.6) is 0 Å². The predicted molar refractivity (Wildman–Crippen MR) is 147 cm³/mol. The lowest BCUT2D eigenvalue weighted by molar-refractivity contribution is -0.140. The fourth-order valence-electron chi connectivity index (χ4n) is 4.17. The number of hydrogen-bond acceptors (Lipinski definition) is 6. The third-order valence-electron chi connectivity index (χ3n) is 6.20. The number of amides is 2. The number of aromatic nitrogens is 1. The highest BCUT2D eigenvalue weighted by atomic mass is 19.1. The summed E-state index contributed by atoms with van der Waals surface area (Å²) in [4.78, 5) is 36.2. The van der Waals surface area contributed by atoms with E-state index in [2.05, 4.69) is 20.4 Å². The van der Waals surface area contributed by atoms with Gasteiger partial charge in [-0.05, 0) is 49.8 Å². The Morgan fingerprint density at radius 2 is 1.86 bits per heavy atom. The second-order valence-corrected chi connectivity index (χ2v) is 9.13. The van der Waals surface area contributed by atoms with E-state index < -0.39 is 12.1 Å². The zero-order valence-corrected chi connectivity index (χ0v) is 22.6. The number of carbonyl (C=O) groups is 2. The molecule has 8 nitrogen and oxygen atoms in total. The Balaban J connectivity index is 0.00000235. The lowest BCUT2D eigenvalue weighted by Gasteiger charge is -2.29. The molecule has 1 aliphatic rings. The fraction of sp³-hybridized carbons (Fsp3) is 0.464. The molecular weight excluding hydrogens is 471 g/mol. The zero-order valence-electron chi connectivity index (χ0n) is 22.6. The molecule has 37 heavy (non-hydrogen) atoms. The van der Waals surface area contributed by atoms with Crippen LogP contribution in [0.1, 0.15) is 66.0 Å². The first-order chi connectivity index (χ1) is 17.7. The molecule has 2 aromatic rings. The van der Waals surface area contributed by atoms with E-state index in [9.17, 15) is 14.0 Å². The minimum atomic E-state index is -0.612. The molecular formula is C28H39FN6O2. The van der Waals surface area contributed by atoms with E-state index in [1.807, 2.05) is 58.9 Å². The van der Waals surface area contributed by atoms with E-state index >= 15 is 0 Å². The summed E-state index contributed by atoms with van der Waals surface area (Å²) in [6.07, 6.45) is 5.58. The van der Waals surface area contributed by atoms with Gasteiger partial charge >= 0.3 is 0 Å². The number of aliphatic imine (C=N–C) groups is 1. The van der Waals surface area contributed by atoms with Crippen LogP contribution < -0.4 is 11.2 Å². The molecule has 0 aliphatic carbocycles. The average Bonchev–Trinajstić information content (AvgIpc) is 3.40. The lowest BCUT2D eigenvalue weighted by Crippen LogP contribution is -2.50. The highest BCUT2D eigenvalue weighted by Crippen LogP contribution is 2.25.